The molecule has 0 saturated carbocycles. The number of nitrogens with zero attached hydrogens (tertiary/aromatic N) is 1. The lowest BCUT2D eigenvalue weighted by Gasteiger charge is -2.24. The first-order valence-electron chi connectivity index (χ1n) is 6.18. The minimum Gasteiger partial charge on any atom is -0.367 e. The third-order valence-corrected chi connectivity index (χ3v) is 4.13. The maximum absolute atomic E-state index is 13.0. The summed E-state index contributed by atoms with van der Waals surface area (Å²) in [7, 11) is 0. The van der Waals surface area contributed by atoms with E-state index in [1.54, 1.807) is 6.07 Å². The monoisotopic (exact) mass is 256 g/mol. The smallest absolute Gasteiger partial charge is 0.367 e. The third kappa shape index (κ3) is 1.61. The molecule has 0 spiro atoms. The molecule has 0 bridgehead atoms. The van der Waals surface area contributed by atoms with Crippen LogP contribution >= 0.6 is 0 Å². The fraction of sp³-hybridized carbons (Fsp3) is 0.538. The van der Waals surface area contributed by atoms with Crippen LogP contribution in [0.2, 0.25) is 0 Å². The molecule has 0 aromatic heterocycles. The molecule has 1 aromatic carbocycles. The van der Waals surface area contributed by atoms with Crippen molar-refractivity contribution < 1.29 is 13.2 Å². The Balaban J connectivity index is 2.05. The minimum atomic E-state index is -4.28. The van der Waals surface area contributed by atoms with E-state index in [-0.39, 0.29) is 6.04 Å². The summed E-state index contributed by atoms with van der Waals surface area (Å²) in [5, 5.41) is 0. The molecule has 0 radical (unpaired) electrons. The largest absolute Gasteiger partial charge is 0.418 e. The molecular weight excluding hydrogens is 241 g/mol. The summed E-state index contributed by atoms with van der Waals surface area (Å²) in [6.45, 7) is 1.24. The zero-order chi connectivity index (χ0) is 12.9. The van der Waals surface area contributed by atoms with Gasteiger partial charge in [0.25, 0.3) is 0 Å². The molecule has 2 atom stereocenters. The van der Waals surface area contributed by atoms with E-state index in [1.165, 1.54) is 12.1 Å². The second-order valence-electron chi connectivity index (χ2n) is 5.06. The van der Waals surface area contributed by atoms with E-state index in [4.69, 9.17) is 5.73 Å². The van der Waals surface area contributed by atoms with Crippen molar-refractivity contribution in [3.63, 3.8) is 0 Å². The average Bonchev–Trinajstić information content (AvgIpc) is 2.84. The Hall–Kier alpha value is -1.23. The lowest BCUT2D eigenvalue weighted by molar-refractivity contribution is -0.137. The number of fused-ring (bicyclic) bond motifs is 3. The normalized spacial score (nSPS) is 26.3. The molecule has 2 aliphatic rings. The van der Waals surface area contributed by atoms with Crippen LogP contribution in [0.25, 0.3) is 0 Å². The molecule has 2 aliphatic heterocycles. The molecule has 0 aliphatic carbocycles. The molecule has 0 amide bonds. The zero-order valence-electron chi connectivity index (χ0n) is 9.87. The summed E-state index contributed by atoms with van der Waals surface area (Å²) < 4.78 is 39.1. The number of benzene rings is 1. The van der Waals surface area contributed by atoms with Crippen molar-refractivity contribution in [2.75, 3.05) is 18.0 Å². The van der Waals surface area contributed by atoms with Crippen molar-refractivity contribution in [2.45, 2.75) is 25.1 Å². The lowest BCUT2D eigenvalue weighted by Crippen LogP contribution is -2.33. The number of nitrogens with two attached hydrogens (primary N) is 1. The summed E-state index contributed by atoms with van der Waals surface area (Å²) in [4.78, 5) is 1.91. The minimum absolute atomic E-state index is 0.161. The fourth-order valence-corrected chi connectivity index (χ4v) is 3.30. The van der Waals surface area contributed by atoms with Crippen LogP contribution in [-0.2, 0) is 12.6 Å². The first-order chi connectivity index (χ1) is 8.52. The third-order valence-electron chi connectivity index (χ3n) is 4.13. The number of alkyl halides is 3. The van der Waals surface area contributed by atoms with Gasteiger partial charge in [-0.2, -0.15) is 13.2 Å². The van der Waals surface area contributed by atoms with E-state index in [0.717, 1.165) is 12.0 Å². The predicted molar refractivity (Wildman–Crippen MR) is 63.4 cm³/mol. The Morgan fingerprint density at radius 2 is 2.11 bits per heavy atom. The molecule has 2 unspecified atom stereocenters. The fourth-order valence-electron chi connectivity index (χ4n) is 3.30. The highest BCUT2D eigenvalue weighted by Crippen LogP contribution is 2.46. The summed E-state index contributed by atoms with van der Waals surface area (Å²) in [5.41, 5.74) is 6.41. The van der Waals surface area contributed by atoms with Gasteiger partial charge in [-0.05, 0) is 36.9 Å². The second kappa shape index (κ2) is 3.88. The zero-order valence-corrected chi connectivity index (χ0v) is 9.87. The Kier molecular flexibility index (Phi) is 2.55. The van der Waals surface area contributed by atoms with Crippen molar-refractivity contribution >= 4 is 5.69 Å². The van der Waals surface area contributed by atoms with Crippen LogP contribution in [0.1, 0.15) is 17.5 Å². The molecule has 3 rings (SSSR count). The lowest BCUT2D eigenvalue weighted by atomic mass is 9.96. The molecule has 1 saturated heterocycles. The number of halogens is 3. The Morgan fingerprint density at radius 3 is 2.78 bits per heavy atom. The number of hydrogen-bond donors (Lipinski definition) is 1. The van der Waals surface area contributed by atoms with Crippen LogP contribution in [0.15, 0.2) is 18.2 Å². The van der Waals surface area contributed by atoms with Crippen molar-refractivity contribution in [3.8, 4) is 0 Å². The molecule has 2 nitrogen and oxygen atoms in total. The van der Waals surface area contributed by atoms with Gasteiger partial charge in [0.2, 0.25) is 0 Å². The van der Waals surface area contributed by atoms with E-state index in [9.17, 15) is 13.2 Å². The first kappa shape index (κ1) is 11.8. The molecule has 2 heterocycles. The van der Waals surface area contributed by atoms with E-state index in [1.807, 2.05) is 4.90 Å². The molecule has 5 heteroatoms. The van der Waals surface area contributed by atoms with E-state index < -0.39 is 11.7 Å². The molecule has 98 valence electrons. The summed E-state index contributed by atoms with van der Waals surface area (Å²) in [6, 6.07) is 4.64. The van der Waals surface area contributed by atoms with Gasteiger partial charge in [-0.3, -0.25) is 0 Å². The molecule has 1 aromatic rings. The standard InChI is InChI=1S/C13H15F3N2/c14-13(15,16)10-3-1-2-8-6-11-9(7-17)4-5-18(11)12(8)10/h1-3,9,11H,4-7,17H2. The van der Waals surface area contributed by atoms with Gasteiger partial charge in [0.15, 0.2) is 0 Å². The summed E-state index contributed by atoms with van der Waals surface area (Å²) in [6.07, 6.45) is -2.69. The van der Waals surface area contributed by atoms with E-state index in [2.05, 4.69) is 0 Å². The Labute approximate surface area is 104 Å². The van der Waals surface area contributed by atoms with Gasteiger partial charge in [0, 0.05) is 12.6 Å². The summed E-state index contributed by atoms with van der Waals surface area (Å²) >= 11 is 0. The van der Waals surface area contributed by atoms with Gasteiger partial charge in [-0.1, -0.05) is 12.1 Å². The number of rotatable bonds is 1. The molecule has 1 fully saturated rings. The van der Waals surface area contributed by atoms with Crippen LogP contribution in [-0.4, -0.2) is 19.1 Å². The Bertz CT molecular complexity index is 470. The summed E-state index contributed by atoms with van der Waals surface area (Å²) in [5.74, 6) is 0.318. The van der Waals surface area contributed by atoms with Gasteiger partial charge in [-0.15, -0.1) is 0 Å². The predicted octanol–water partition coefficient (Wildman–Crippen LogP) is 2.42. The van der Waals surface area contributed by atoms with Crippen LogP contribution in [0, 0.1) is 5.92 Å². The van der Waals surface area contributed by atoms with Gasteiger partial charge < -0.3 is 10.6 Å². The van der Waals surface area contributed by atoms with Crippen molar-refractivity contribution in [2.24, 2.45) is 11.7 Å². The van der Waals surface area contributed by atoms with Crippen LogP contribution in [0.5, 0.6) is 0 Å². The average molecular weight is 256 g/mol. The number of anilines is 1. The van der Waals surface area contributed by atoms with Gasteiger partial charge in [0.05, 0.1) is 11.3 Å². The Morgan fingerprint density at radius 1 is 1.33 bits per heavy atom. The van der Waals surface area contributed by atoms with E-state index in [0.29, 0.717) is 31.1 Å². The highest BCUT2D eigenvalue weighted by atomic mass is 19.4. The van der Waals surface area contributed by atoms with Crippen molar-refractivity contribution in [1.82, 2.24) is 0 Å². The molecular formula is C13H15F3N2. The van der Waals surface area contributed by atoms with Crippen LogP contribution in [0.3, 0.4) is 0 Å². The van der Waals surface area contributed by atoms with E-state index >= 15 is 0 Å². The second-order valence-corrected chi connectivity index (χ2v) is 5.06. The number of hydrogen-bond acceptors (Lipinski definition) is 2. The first-order valence-corrected chi connectivity index (χ1v) is 6.18. The van der Waals surface area contributed by atoms with Crippen LogP contribution in [0.4, 0.5) is 18.9 Å². The van der Waals surface area contributed by atoms with Gasteiger partial charge in [0.1, 0.15) is 0 Å². The van der Waals surface area contributed by atoms with Gasteiger partial charge in [-0.25, -0.2) is 0 Å². The topological polar surface area (TPSA) is 29.3 Å². The van der Waals surface area contributed by atoms with Crippen molar-refractivity contribution in [3.05, 3.63) is 29.3 Å². The highest BCUT2D eigenvalue weighted by Gasteiger charge is 2.44. The highest BCUT2D eigenvalue weighted by molar-refractivity contribution is 5.66. The van der Waals surface area contributed by atoms with Crippen LogP contribution < -0.4 is 10.6 Å². The maximum Gasteiger partial charge on any atom is 0.418 e. The number of para-hydroxylation sites is 1. The van der Waals surface area contributed by atoms with Gasteiger partial charge >= 0.3 is 6.18 Å². The van der Waals surface area contributed by atoms with Crippen molar-refractivity contribution in [1.29, 1.82) is 0 Å². The molecule has 2 N–H and O–H groups in total. The quantitative estimate of drug-likeness (QED) is 0.836. The maximum atomic E-state index is 13.0. The SMILES string of the molecule is NCC1CCN2c3c(cccc3C(F)(F)F)CC12. The molecule has 18 heavy (non-hydrogen) atoms.